The minimum Gasteiger partial charge on any atom is -0.309 e. The monoisotopic (exact) mass is 281 g/mol. The van der Waals surface area contributed by atoms with Crippen LogP contribution in [-0.2, 0) is 9.59 Å². The Morgan fingerprint density at radius 3 is 2.89 bits per heavy atom. The lowest BCUT2D eigenvalue weighted by Crippen LogP contribution is -2.24. The number of anilines is 1. The highest BCUT2D eigenvalue weighted by Gasteiger charge is 2.31. The van der Waals surface area contributed by atoms with Gasteiger partial charge in [-0.05, 0) is 19.8 Å². The third-order valence-corrected chi connectivity index (χ3v) is 4.20. The van der Waals surface area contributed by atoms with Crippen LogP contribution in [0.4, 0.5) is 5.69 Å². The van der Waals surface area contributed by atoms with Gasteiger partial charge in [0.1, 0.15) is 0 Å². The molecule has 1 aliphatic heterocycles. The number of carbonyl (C=O) groups excluding carboxylic acids is 2. The Labute approximate surface area is 117 Å². The van der Waals surface area contributed by atoms with Crippen molar-refractivity contribution in [3.8, 4) is 0 Å². The van der Waals surface area contributed by atoms with Crippen LogP contribution < -0.4 is 4.90 Å². The van der Waals surface area contributed by atoms with Crippen LogP contribution in [0.2, 0.25) is 0 Å². The van der Waals surface area contributed by atoms with E-state index in [9.17, 15) is 9.59 Å². The average Bonchev–Trinajstić information content (AvgIpc) is 2.92. The zero-order valence-corrected chi connectivity index (χ0v) is 12.3. The van der Waals surface area contributed by atoms with Crippen LogP contribution in [0.5, 0.6) is 0 Å². The van der Waals surface area contributed by atoms with Crippen LogP contribution in [-0.4, -0.2) is 33.1 Å². The number of nitrogens with zero attached hydrogens (tertiary/aromatic N) is 3. The van der Waals surface area contributed by atoms with Gasteiger partial charge in [0, 0.05) is 37.9 Å². The van der Waals surface area contributed by atoms with Crippen molar-refractivity contribution in [1.82, 2.24) is 9.78 Å². The quantitative estimate of drug-likeness (QED) is 0.848. The maximum absolute atomic E-state index is 12.0. The second kappa shape index (κ2) is 5.77. The smallest absolute Gasteiger partial charge is 0.227 e. The fraction of sp³-hybridized carbons (Fsp3) is 0.615. The maximum atomic E-state index is 12.0. The van der Waals surface area contributed by atoms with E-state index in [1.807, 2.05) is 10.9 Å². The van der Waals surface area contributed by atoms with Crippen molar-refractivity contribution in [3.63, 3.8) is 0 Å². The summed E-state index contributed by atoms with van der Waals surface area (Å²) in [4.78, 5) is 24.7. The molecule has 1 fully saturated rings. The lowest BCUT2D eigenvalue weighted by Gasteiger charge is -2.14. The third-order valence-electron chi connectivity index (χ3n) is 3.16. The molecule has 1 amide bonds. The maximum Gasteiger partial charge on any atom is 0.227 e. The summed E-state index contributed by atoms with van der Waals surface area (Å²) < 4.78 is 1.85. The lowest BCUT2D eigenvalue weighted by molar-refractivity contribution is -0.117. The largest absolute Gasteiger partial charge is 0.309 e. The van der Waals surface area contributed by atoms with Gasteiger partial charge in [0.15, 0.2) is 5.12 Å². The topological polar surface area (TPSA) is 55.2 Å². The van der Waals surface area contributed by atoms with E-state index in [4.69, 9.17) is 0 Å². The van der Waals surface area contributed by atoms with E-state index in [0.29, 0.717) is 13.0 Å². The van der Waals surface area contributed by atoms with Crippen molar-refractivity contribution in [2.45, 2.75) is 33.2 Å². The van der Waals surface area contributed by atoms with E-state index in [0.717, 1.165) is 11.4 Å². The van der Waals surface area contributed by atoms with Crippen LogP contribution in [0.25, 0.3) is 0 Å². The van der Waals surface area contributed by atoms with Gasteiger partial charge in [-0.1, -0.05) is 11.8 Å². The zero-order chi connectivity index (χ0) is 14.0. The van der Waals surface area contributed by atoms with Crippen molar-refractivity contribution in [2.75, 3.05) is 17.2 Å². The number of hydrogen-bond donors (Lipinski definition) is 0. The minimum absolute atomic E-state index is 0.110. The van der Waals surface area contributed by atoms with Crippen molar-refractivity contribution in [2.24, 2.45) is 5.92 Å². The highest BCUT2D eigenvalue weighted by atomic mass is 32.2. The first-order valence-corrected chi connectivity index (χ1v) is 7.44. The van der Waals surface area contributed by atoms with Crippen molar-refractivity contribution in [1.29, 1.82) is 0 Å². The summed E-state index contributed by atoms with van der Waals surface area (Å²) in [5, 5.41) is 4.37. The van der Waals surface area contributed by atoms with Crippen LogP contribution in [0.1, 0.15) is 33.2 Å². The standard InChI is InChI=1S/C13H19N3O2S/c1-9(2)16-7-12(5-14-16)15-6-11(4-13(15)18)8-19-10(3)17/h5,7,9,11H,4,6,8H2,1-3H3. The van der Waals surface area contributed by atoms with Gasteiger partial charge in [-0.15, -0.1) is 0 Å². The second-order valence-corrected chi connectivity index (χ2v) is 6.35. The van der Waals surface area contributed by atoms with Crippen molar-refractivity contribution < 1.29 is 9.59 Å². The fourth-order valence-corrected chi connectivity index (χ4v) is 2.82. The molecule has 1 unspecified atom stereocenters. The van der Waals surface area contributed by atoms with Gasteiger partial charge in [0.25, 0.3) is 0 Å². The zero-order valence-electron chi connectivity index (χ0n) is 11.5. The van der Waals surface area contributed by atoms with Gasteiger partial charge in [-0.25, -0.2) is 0 Å². The molecular formula is C13H19N3O2S. The molecule has 19 heavy (non-hydrogen) atoms. The van der Waals surface area contributed by atoms with Gasteiger partial charge in [0.05, 0.1) is 11.9 Å². The molecule has 1 aromatic heterocycles. The molecule has 104 valence electrons. The van der Waals surface area contributed by atoms with Gasteiger partial charge >= 0.3 is 0 Å². The highest BCUT2D eigenvalue weighted by molar-refractivity contribution is 8.13. The predicted octanol–water partition coefficient (Wildman–Crippen LogP) is 2.10. The van der Waals surface area contributed by atoms with Gasteiger partial charge in [-0.3, -0.25) is 14.3 Å². The molecule has 0 saturated carbocycles. The Bertz CT molecular complexity index is 484. The van der Waals surface area contributed by atoms with E-state index in [-0.39, 0.29) is 23.0 Å². The molecule has 0 aliphatic carbocycles. The molecule has 1 aliphatic rings. The first-order chi connectivity index (χ1) is 8.97. The number of rotatable bonds is 4. The average molecular weight is 281 g/mol. The molecule has 0 N–H and O–H groups in total. The molecule has 1 atom stereocenters. The summed E-state index contributed by atoms with van der Waals surface area (Å²) in [6.07, 6.45) is 4.16. The normalized spacial score (nSPS) is 19.5. The summed E-state index contributed by atoms with van der Waals surface area (Å²) >= 11 is 1.30. The molecule has 0 radical (unpaired) electrons. The number of carbonyl (C=O) groups is 2. The summed E-state index contributed by atoms with van der Waals surface area (Å²) in [5.74, 6) is 1.09. The van der Waals surface area contributed by atoms with Crippen LogP contribution >= 0.6 is 11.8 Å². The van der Waals surface area contributed by atoms with E-state index >= 15 is 0 Å². The summed E-state index contributed by atoms with van der Waals surface area (Å²) in [5.41, 5.74) is 0.856. The summed E-state index contributed by atoms with van der Waals surface area (Å²) in [6.45, 7) is 6.35. The van der Waals surface area contributed by atoms with Gasteiger partial charge in [0.2, 0.25) is 5.91 Å². The molecule has 0 bridgehead atoms. The highest BCUT2D eigenvalue weighted by Crippen LogP contribution is 2.27. The Morgan fingerprint density at radius 2 is 2.32 bits per heavy atom. The first kappa shape index (κ1) is 14.1. The molecular weight excluding hydrogens is 262 g/mol. The Morgan fingerprint density at radius 1 is 1.58 bits per heavy atom. The Balaban J connectivity index is 2.00. The molecule has 2 heterocycles. The van der Waals surface area contributed by atoms with Gasteiger partial charge < -0.3 is 4.90 Å². The van der Waals surface area contributed by atoms with Crippen LogP contribution in [0, 0.1) is 5.92 Å². The molecule has 6 heteroatoms. The second-order valence-electron chi connectivity index (χ2n) is 5.15. The summed E-state index contributed by atoms with van der Waals surface area (Å²) in [6, 6.07) is 0.288. The molecule has 1 aromatic rings. The Kier molecular flexibility index (Phi) is 4.29. The molecule has 1 saturated heterocycles. The minimum atomic E-state index is 0.110. The first-order valence-electron chi connectivity index (χ1n) is 6.45. The number of thioether (sulfide) groups is 1. The molecule has 5 nitrogen and oxygen atoms in total. The number of aromatic nitrogens is 2. The molecule has 0 spiro atoms. The lowest BCUT2D eigenvalue weighted by atomic mass is 10.1. The van der Waals surface area contributed by atoms with Crippen molar-refractivity contribution >= 4 is 28.5 Å². The molecule has 0 aromatic carbocycles. The third kappa shape index (κ3) is 3.37. The van der Waals surface area contributed by atoms with E-state index < -0.39 is 0 Å². The number of amides is 1. The summed E-state index contributed by atoms with van der Waals surface area (Å²) in [7, 11) is 0. The van der Waals surface area contributed by atoms with E-state index in [1.165, 1.54) is 11.8 Å². The number of hydrogen-bond acceptors (Lipinski definition) is 4. The van der Waals surface area contributed by atoms with E-state index in [2.05, 4.69) is 18.9 Å². The predicted molar refractivity (Wildman–Crippen MR) is 76.2 cm³/mol. The molecule has 2 rings (SSSR count). The van der Waals surface area contributed by atoms with Crippen LogP contribution in [0.15, 0.2) is 12.4 Å². The fourth-order valence-electron chi connectivity index (χ4n) is 2.13. The SMILES string of the molecule is CC(=O)SCC1CC(=O)N(c2cnn(C(C)C)c2)C1. The van der Waals surface area contributed by atoms with Gasteiger partial charge in [-0.2, -0.15) is 5.10 Å². The van der Waals surface area contributed by atoms with Crippen LogP contribution in [0.3, 0.4) is 0 Å². The van der Waals surface area contributed by atoms with Crippen molar-refractivity contribution in [3.05, 3.63) is 12.4 Å². The van der Waals surface area contributed by atoms with E-state index in [1.54, 1.807) is 18.0 Å². The Hall–Kier alpha value is -1.30.